The highest BCUT2D eigenvalue weighted by molar-refractivity contribution is 5.83. The van der Waals surface area contributed by atoms with Crippen molar-refractivity contribution in [1.29, 1.82) is 0 Å². The third kappa shape index (κ3) is 5.06. The minimum absolute atomic E-state index is 0.0553. The molecule has 5 nitrogen and oxygen atoms in total. The van der Waals surface area contributed by atoms with Crippen LogP contribution in [0.15, 0.2) is 24.3 Å². The lowest BCUT2D eigenvalue weighted by atomic mass is 10.00. The van der Waals surface area contributed by atoms with Crippen molar-refractivity contribution in [3.8, 4) is 0 Å². The van der Waals surface area contributed by atoms with Crippen LogP contribution in [0.1, 0.15) is 50.8 Å². The number of hydrogen-bond acceptors (Lipinski definition) is 3. The van der Waals surface area contributed by atoms with E-state index >= 15 is 0 Å². The van der Waals surface area contributed by atoms with Gasteiger partial charge in [-0.2, -0.15) is 0 Å². The molecule has 5 heteroatoms. The first-order valence-electron chi connectivity index (χ1n) is 8.78. The molecular weight excluding hydrogens is 302 g/mol. The van der Waals surface area contributed by atoms with Crippen LogP contribution < -0.4 is 11.1 Å². The van der Waals surface area contributed by atoms with Gasteiger partial charge in [-0.25, -0.2) is 0 Å². The highest BCUT2D eigenvalue weighted by Crippen LogP contribution is 2.18. The Kier molecular flexibility index (Phi) is 6.37. The van der Waals surface area contributed by atoms with Crippen LogP contribution in [0.3, 0.4) is 0 Å². The molecule has 0 bridgehead atoms. The van der Waals surface area contributed by atoms with Gasteiger partial charge in [0.2, 0.25) is 11.8 Å². The third-order valence-electron chi connectivity index (χ3n) is 4.54. The second kappa shape index (κ2) is 8.29. The van der Waals surface area contributed by atoms with Crippen LogP contribution in [0, 0.1) is 5.92 Å². The summed E-state index contributed by atoms with van der Waals surface area (Å²) in [5.74, 6) is 0.225. The smallest absolute Gasteiger partial charge is 0.234 e. The first-order valence-corrected chi connectivity index (χ1v) is 8.78. The normalized spacial score (nSPS) is 19.4. The Bertz CT molecular complexity index is 568. The topological polar surface area (TPSA) is 75.4 Å². The van der Waals surface area contributed by atoms with Gasteiger partial charge in [-0.05, 0) is 49.8 Å². The molecule has 24 heavy (non-hydrogen) atoms. The van der Waals surface area contributed by atoms with Gasteiger partial charge in [-0.1, -0.05) is 38.1 Å². The molecule has 132 valence electrons. The van der Waals surface area contributed by atoms with Gasteiger partial charge in [0.05, 0.1) is 18.6 Å². The van der Waals surface area contributed by atoms with E-state index in [0.717, 1.165) is 31.4 Å². The Morgan fingerprint density at radius 1 is 1.25 bits per heavy atom. The summed E-state index contributed by atoms with van der Waals surface area (Å²) in [5, 5.41) is 3.01. The van der Waals surface area contributed by atoms with Crippen LogP contribution in [0.2, 0.25) is 0 Å². The molecule has 2 amide bonds. The summed E-state index contributed by atoms with van der Waals surface area (Å²) in [7, 11) is 0. The molecule has 0 radical (unpaired) electrons. The van der Waals surface area contributed by atoms with Gasteiger partial charge in [0.25, 0.3) is 0 Å². The Morgan fingerprint density at radius 2 is 1.92 bits per heavy atom. The maximum Gasteiger partial charge on any atom is 0.234 e. The van der Waals surface area contributed by atoms with E-state index in [1.165, 1.54) is 5.56 Å². The van der Waals surface area contributed by atoms with Crippen LogP contribution >= 0.6 is 0 Å². The van der Waals surface area contributed by atoms with Gasteiger partial charge in [-0.3, -0.25) is 14.5 Å². The summed E-state index contributed by atoms with van der Waals surface area (Å²) in [6.45, 7) is 7.36. The SMILES string of the molecule is CC(C)Cc1ccc([C@H](C)NC(=O)CN2CCC[C@@H]2C(N)=O)cc1. The van der Waals surface area contributed by atoms with Crippen molar-refractivity contribution >= 4 is 11.8 Å². The summed E-state index contributed by atoms with van der Waals surface area (Å²) < 4.78 is 0. The fraction of sp³-hybridized carbons (Fsp3) is 0.579. The zero-order chi connectivity index (χ0) is 17.7. The quantitative estimate of drug-likeness (QED) is 0.802. The average Bonchev–Trinajstić information content (AvgIpc) is 2.95. The molecule has 1 aliphatic rings. The molecule has 1 heterocycles. The molecule has 2 atom stereocenters. The molecule has 3 N–H and O–H groups in total. The molecule has 1 saturated heterocycles. The van der Waals surface area contributed by atoms with Gasteiger partial charge < -0.3 is 11.1 Å². The number of rotatable bonds is 7. The average molecular weight is 331 g/mol. The van der Waals surface area contributed by atoms with Crippen molar-refractivity contribution < 1.29 is 9.59 Å². The fourth-order valence-corrected chi connectivity index (χ4v) is 3.31. The van der Waals surface area contributed by atoms with Crippen LogP contribution in [0.25, 0.3) is 0 Å². The predicted molar refractivity (Wildman–Crippen MR) is 95.3 cm³/mol. The van der Waals surface area contributed by atoms with Crippen molar-refractivity contribution in [3.63, 3.8) is 0 Å². The maximum atomic E-state index is 12.3. The molecule has 1 fully saturated rings. The second-order valence-electron chi connectivity index (χ2n) is 7.16. The molecule has 1 aliphatic heterocycles. The fourth-order valence-electron chi connectivity index (χ4n) is 3.31. The summed E-state index contributed by atoms with van der Waals surface area (Å²) in [6, 6.07) is 8.04. The van der Waals surface area contributed by atoms with E-state index in [0.29, 0.717) is 5.92 Å². The van der Waals surface area contributed by atoms with Gasteiger partial charge >= 0.3 is 0 Å². The molecule has 0 saturated carbocycles. The number of carbonyl (C=O) groups excluding carboxylic acids is 2. The van der Waals surface area contributed by atoms with Gasteiger partial charge in [0.15, 0.2) is 0 Å². The second-order valence-corrected chi connectivity index (χ2v) is 7.16. The zero-order valence-corrected chi connectivity index (χ0v) is 14.9. The zero-order valence-electron chi connectivity index (χ0n) is 14.9. The summed E-state index contributed by atoms with van der Waals surface area (Å²) in [5.41, 5.74) is 7.79. The predicted octanol–water partition coefficient (Wildman–Crippen LogP) is 2.01. The maximum absolute atomic E-state index is 12.3. The number of likely N-dealkylation sites (tertiary alicyclic amines) is 1. The Balaban J connectivity index is 1.88. The summed E-state index contributed by atoms with van der Waals surface area (Å²) >= 11 is 0. The number of carbonyl (C=O) groups is 2. The van der Waals surface area contributed by atoms with E-state index in [2.05, 4.69) is 43.4 Å². The van der Waals surface area contributed by atoms with Crippen LogP contribution in [0.4, 0.5) is 0 Å². The largest absolute Gasteiger partial charge is 0.368 e. The Labute approximate surface area is 144 Å². The number of nitrogens with one attached hydrogen (secondary N) is 1. The number of primary amides is 1. The number of nitrogens with two attached hydrogens (primary N) is 1. The lowest BCUT2D eigenvalue weighted by Crippen LogP contribution is -2.45. The molecule has 2 rings (SSSR count). The number of nitrogens with zero attached hydrogens (tertiary/aromatic N) is 1. The molecule has 1 aromatic rings. The molecule has 0 aromatic heterocycles. The standard InChI is InChI=1S/C19H29N3O2/c1-13(2)11-15-6-8-16(9-7-15)14(3)21-18(23)12-22-10-4-5-17(22)19(20)24/h6-9,13-14,17H,4-5,10-12H2,1-3H3,(H2,20,24)(H,21,23)/t14-,17+/m0/s1. The van der Waals surface area contributed by atoms with Gasteiger partial charge in [0.1, 0.15) is 0 Å². The lowest BCUT2D eigenvalue weighted by Gasteiger charge is -2.22. The lowest BCUT2D eigenvalue weighted by molar-refractivity contribution is -0.126. The van der Waals surface area contributed by atoms with E-state index in [9.17, 15) is 9.59 Å². The minimum atomic E-state index is -0.339. The Morgan fingerprint density at radius 3 is 2.50 bits per heavy atom. The summed E-state index contributed by atoms with van der Waals surface area (Å²) in [6.07, 6.45) is 2.72. The van der Waals surface area contributed by atoms with E-state index < -0.39 is 0 Å². The molecule has 0 unspecified atom stereocenters. The van der Waals surface area contributed by atoms with Crippen molar-refractivity contribution in [2.75, 3.05) is 13.1 Å². The minimum Gasteiger partial charge on any atom is -0.368 e. The Hall–Kier alpha value is -1.88. The highest BCUT2D eigenvalue weighted by Gasteiger charge is 2.30. The van der Waals surface area contributed by atoms with Crippen LogP contribution in [-0.2, 0) is 16.0 Å². The van der Waals surface area contributed by atoms with Crippen molar-refractivity contribution in [1.82, 2.24) is 10.2 Å². The van der Waals surface area contributed by atoms with Gasteiger partial charge in [-0.15, -0.1) is 0 Å². The van der Waals surface area contributed by atoms with E-state index in [-0.39, 0.29) is 30.4 Å². The monoisotopic (exact) mass is 331 g/mol. The van der Waals surface area contributed by atoms with E-state index in [1.54, 1.807) is 0 Å². The van der Waals surface area contributed by atoms with Gasteiger partial charge in [0, 0.05) is 0 Å². The first kappa shape index (κ1) is 18.5. The van der Waals surface area contributed by atoms with Crippen molar-refractivity contribution in [2.45, 2.75) is 52.1 Å². The third-order valence-corrected chi connectivity index (χ3v) is 4.54. The van der Waals surface area contributed by atoms with Crippen LogP contribution in [-0.4, -0.2) is 35.8 Å². The van der Waals surface area contributed by atoms with E-state index in [1.807, 2.05) is 11.8 Å². The highest BCUT2D eigenvalue weighted by atomic mass is 16.2. The molecular formula is C19H29N3O2. The van der Waals surface area contributed by atoms with E-state index in [4.69, 9.17) is 5.73 Å². The summed E-state index contributed by atoms with van der Waals surface area (Å²) in [4.78, 5) is 25.5. The van der Waals surface area contributed by atoms with Crippen molar-refractivity contribution in [3.05, 3.63) is 35.4 Å². The molecule has 0 spiro atoms. The number of benzene rings is 1. The molecule has 1 aromatic carbocycles. The number of hydrogen-bond donors (Lipinski definition) is 2. The molecule has 0 aliphatic carbocycles. The van der Waals surface area contributed by atoms with Crippen LogP contribution in [0.5, 0.6) is 0 Å². The number of amides is 2. The first-order chi connectivity index (χ1) is 11.4. The van der Waals surface area contributed by atoms with Crippen molar-refractivity contribution in [2.24, 2.45) is 11.7 Å².